The van der Waals surface area contributed by atoms with Gasteiger partial charge in [0.25, 0.3) is 0 Å². The van der Waals surface area contributed by atoms with E-state index in [4.69, 9.17) is 16.3 Å². The SMILES string of the molecule is CCCNC(=O)[C@H]1[C@H]2C(=O)N([C@H](C)CO)C(C(=O)Nc3ccc(Cl)cc3)C23CC[C@]1(CC)O3. The Labute approximate surface area is 199 Å². The zero-order chi connectivity index (χ0) is 24.0. The van der Waals surface area contributed by atoms with Gasteiger partial charge in [0.15, 0.2) is 0 Å². The Bertz CT molecular complexity index is 941. The van der Waals surface area contributed by atoms with Gasteiger partial charge in [-0.2, -0.15) is 0 Å². The molecule has 0 radical (unpaired) electrons. The van der Waals surface area contributed by atoms with Crippen molar-refractivity contribution in [3.8, 4) is 0 Å². The molecule has 2 unspecified atom stereocenters. The van der Waals surface area contributed by atoms with Crippen LogP contribution in [0.2, 0.25) is 5.02 Å². The highest BCUT2D eigenvalue weighted by Crippen LogP contribution is 2.64. The van der Waals surface area contributed by atoms with Crippen molar-refractivity contribution in [1.29, 1.82) is 0 Å². The molecule has 1 spiro atoms. The number of benzene rings is 1. The van der Waals surface area contributed by atoms with E-state index in [-0.39, 0.29) is 18.4 Å². The second-order valence-electron chi connectivity index (χ2n) is 9.40. The molecule has 8 nitrogen and oxygen atoms in total. The number of amides is 3. The summed E-state index contributed by atoms with van der Waals surface area (Å²) in [5.41, 5.74) is -1.34. The molecule has 2 bridgehead atoms. The molecule has 180 valence electrons. The number of ether oxygens (including phenoxy) is 1. The Morgan fingerprint density at radius 3 is 2.55 bits per heavy atom. The summed E-state index contributed by atoms with van der Waals surface area (Å²) in [6.07, 6.45) is 2.46. The van der Waals surface area contributed by atoms with Gasteiger partial charge in [0, 0.05) is 17.3 Å². The molecule has 0 aromatic heterocycles. The third-order valence-electron chi connectivity index (χ3n) is 7.55. The summed E-state index contributed by atoms with van der Waals surface area (Å²) in [7, 11) is 0. The van der Waals surface area contributed by atoms with Crippen LogP contribution in [0.5, 0.6) is 0 Å². The molecule has 3 aliphatic heterocycles. The minimum absolute atomic E-state index is 0.200. The third-order valence-corrected chi connectivity index (χ3v) is 7.80. The van der Waals surface area contributed by atoms with Crippen LogP contribution in [0.15, 0.2) is 24.3 Å². The highest BCUT2D eigenvalue weighted by atomic mass is 35.5. The van der Waals surface area contributed by atoms with Crippen LogP contribution in [0.3, 0.4) is 0 Å². The third kappa shape index (κ3) is 3.63. The number of carbonyl (C=O) groups excluding carboxylic acids is 3. The second kappa shape index (κ2) is 8.89. The van der Waals surface area contributed by atoms with E-state index in [1.54, 1.807) is 31.2 Å². The van der Waals surface area contributed by atoms with Gasteiger partial charge in [-0.05, 0) is 56.9 Å². The molecule has 4 rings (SSSR count). The second-order valence-corrected chi connectivity index (χ2v) is 9.83. The topological polar surface area (TPSA) is 108 Å². The number of likely N-dealkylation sites (tertiary alicyclic amines) is 1. The van der Waals surface area contributed by atoms with Crippen molar-refractivity contribution in [2.45, 2.75) is 69.7 Å². The first-order chi connectivity index (χ1) is 15.7. The number of aliphatic hydroxyl groups excluding tert-OH is 1. The normalized spacial score (nSPS) is 33.2. The molecule has 6 atom stereocenters. The number of rotatable bonds is 8. The lowest BCUT2D eigenvalue weighted by Gasteiger charge is -2.36. The van der Waals surface area contributed by atoms with Crippen molar-refractivity contribution in [3.05, 3.63) is 29.3 Å². The van der Waals surface area contributed by atoms with E-state index in [9.17, 15) is 19.5 Å². The van der Waals surface area contributed by atoms with Crippen LogP contribution in [-0.4, -0.2) is 64.2 Å². The Morgan fingerprint density at radius 2 is 1.94 bits per heavy atom. The zero-order valence-corrected chi connectivity index (χ0v) is 20.0. The first-order valence-electron chi connectivity index (χ1n) is 11.7. The molecule has 1 aromatic carbocycles. The van der Waals surface area contributed by atoms with E-state index in [2.05, 4.69) is 10.6 Å². The monoisotopic (exact) mass is 477 g/mol. The number of carbonyl (C=O) groups is 3. The van der Waals surface area contributed by atoms with Crippen LogP contribution in [0.1, 0.15) is 46.5 Å². The van der Waals surface area contributed by atoms with Crippen LogP contribution >= 0.6 is 11.6 Å². The van der Waals surface area contributed by atoms with Crippen molar-refractivity contribution in [3.63, 3.8) is 0 Å². The maximum absolute atomic E-state index is 13.8. The molecule has 3 aliphatic rings. The van der Waals surface area contributed by atoms with E-state index in [0.29, 0.717) is 36.5 Å². The Balaban J connectivity index is 1.74. The molecule has 3 heterocycles. The lowest BCUT2D eigenvalue weighted by Crippen LogP contribution is -2.55. The minimum atomic E-state index is -1.11. The van der Waals surface area contributed by atoms with Gasteiger partial charge in [-0.3, -0.25) is 14.4 Å². The van der Waals surface area contributed by atoms with E-state index in [1.807, 2.05) is 13.8 Å². The van der Waals surface area contributed by atoms with Crippen LogP contribution in [0, 0.1) is 11.8 Å². The molecule has 1 aromatic rings. The minimum Gasteiger partial charge on any atom is -0.394 e. The summed E-state index contributed by atoms with van der Waals surface area (Å²) < 4.78 is 6.63. The van der Waals surface area contributed by atoms with Gasteiger partial charge in [-0.1, -0.05) is 25.4 Å². The highest BCUT2D eigenvalue weighted by molar-refractivity contribution is 6.30. The van der Waals surface area contributed by atoms with Gasteiger partial charge >= 0.3 is 0 Å². The van der Waals surface area contributed by atoms with E-state index >= 15 is 0 Å². The maximum Gasteiger partial charge on any atom is 0.250 e. The lowest BCUT2D eigenvalue weighted by atomic mass is 9.65. The lowest BCUT2D eigenvalue weighted by molar-refractivity contribution is -0.148. The summed E-state index contributed by atoms with van der Waals surface area (Å²) in [5.74, 6) is -2.33. The molecule has 33 heavy (non-hydrogen) atoms. The van der Waals surface area contributed by atoms with Crippen molar-refractivity contribution in [2.24, 2.45) is 11.8 Å². The van der Waals surface area contributed by atoms with Crippen LogP contribution < -0.4 is 10.6 Å². The van der Waals surface area contributed by atoms with Crippen LogP contribution in [0.25, 0.3) is 0 Å². The van der Waals surface area contributed by atoms with Crippen LogP contribution in [0.4, 0.5) is 5.69 Å². The number of aliphatic hydroxyl groups is 1. The molecule has 3 N–H and O–H groups in total. The Kier molecular flexibility index (Phi) is 6.46. The molecular formula is C24H32ClN3O5. The molecule has 0 aliphatic carbocycles. The first-order valence-corrected chi connectivity index (χ1v) is 12.1. The molecular weight excluding hydrogens is 446 g/mol. The number of nitrogens with zero attached hydrogens (tertiary/aromatic N) is 1. The van der Waals surface area contributed by atoms with Crippen molar-refractivity contribution < 1.29 is 24.2 Å². The van der Waals surface area contributed by atoms with Gasteiger partial charge in [0.2, 0.25) is 17.7 Å². The van der Waals surface area contributed by atoms with E-state index < -0.39 is 41.0 Å². The smallest absolute Gasteiger partial charge is 0.250 e. The first kappa shape index (κ1) is 24.0. The number of hydrogen-bond donors (Lipinski definition) is 3. The van der Waals surface area contributed by atoms with Crippen molar-refractivity contribution >= 4 is 35.0 Å². The van der Waals surface area contributed by atoms with Crippen LogP contribution in [-0.2, 0) is 19.1 Å². The quantitative estimate of drug-likeness (QED) is 0.532. The summed E-state index contributed by atoms with van der Waals surface area (Å²) in [5, 5.41) is 16.3. The van der Waals surface area contributed by atoms with E-state index in [1.165, 1.54) is 4.90 Å². The summed E-state index contributed by atoms with van der Waals surface area (Å²) in [6.45, 7) is 5.84. The summed E-state index contributed by atoms with van der Waals surface area (Å²) in [6, 6.07) is 5.16. The maximum atomic E-state index is 13.8. The molecule has 3 amide bonds. The average molecular weight is 478 g/mol. The number of hydrogen-bond acceptors (Lipinski definition) is 5. The number of anilines is 1. The fourth-order valence-corrected chi connectivity index (χ4v) is 6.14. The number of nitrogens with one attached hydrogen (secondary N) is 2. The highest BCUT2D eigenvalue weighted by Gasteiger charge is 2.78. The largest absolute Gasteiger partial charge is 0.394 e. The van der Waals surface area contributed by atoms with Gasteiger partial charge in [-0.15, -0.1) is 0 Å². The molecule has 0 saturated carbocycles. The predicted octanol–water partition coefficient (Wildman–Crippen LogP) is 2.34. The Morgan fingerprint density at radius 1 is 1.24 bits per heavy atom. The van der Waals surface area contributed by atoms with Gasteiger partial charge < -0.3 is 25.4 Å². The predicted molar refractivity (Wildman–Crippen MR) is 124 cm³/mol. The number of halogens is 1. The molecule has 9 heteroatoms. The molecule has 3 fully saturated rings. The van der Waals surface area contributed by atoms with Gasteiger partial charge in [0.1, 0.15) is 11.6 Å². The summed E-state index contributed by atoms with van der Waals surface area (Å²) >= 11 is 5.96. The summed E-state index contributed by atoms with van der Waals surface area (Å²) in [4.78, 5) is 42.1. The fraction of sp³-hybridized carbons (Fsp3) is 0.625. The van der Waals surface area contributed by atoms with E-state index in [0.717, 1.165) is 6.42 Å². The molecule has 3 saturated heterocycles. The number of fused-ring (bicyclic) bond motifs is 1. The van der Waals surface area contributed by atoms with Gasteiger partial charge in [-0.25, -0.2) is 0 Å². The van der Waals surface area contributed by atoms with Crippen molar-refractivity contribution in [2.75, 3.05) is 18.5 Å². The van der Waals surface area contributed by atoms with Gasteiger partial charge in [0.05, 0.1) is 30.1 Å². The standard InChI is InChI=1S/C24H32ClN3O5/c1-4-12-26-20(30)17-18-22(32)28(14(3)13-29)19(24(18)11-10-23(17,5-2)33-24)21(31)27-16-8-6-15(25)7-9-16/h6-9,14,17-19,29H,4-5,10-13H2,1-3H3,(H,26,30)(H,27,31)/t14-,17-,18+,19?,23+,24?/m1/s1. The zero-order valence-electron chi connectivity index (χ0n) is 19.3. The van der Waals surface area contributed by atoms with Crippen molar-refractivity contribution in [1.82, 2.24) is 10.2 Å². The average Bonchev–Trinajstić information content (AvgIpc) is 3.42. The Hall–Kier alpha value is -2.16. The fourth-order valence-electron chi connectivity index (χ4n) is 6.02.